The van der Waals surface area contributed by atoms with Crippen molar-refractivity contribution in [3.8, 4) is 5.75 Å². The van der Waals surface area contributed by atoms with Crippen molar-refractivity contribution < 1.29 is 5.11 Å². The number of aromatic hydroxyl groups is 1. The largest absolute Gasteiger partial charge is 0.507 e. The lowest BCUT2D eigenvalue weighted by atomic mass is 10.1. The highest BCUT2D eigenvalue weighted by Crippen LogP contribution is 2.20. The summed E-state index contributed by atoms with van der Waals surface area (Å²) in [5.41, 5.74) is 6.63. The maximum atomic E-state index is 9.24. The molecule has 1 rings (SSSR count). The molecule has 0 aliphatic rings. The smallest absolute Gasteiger partial charge is 0.128 e. The Balaban J connectivity index is 2.69. The number of benzene rings is 1. The standard InChI is InChI=1S/C9H12INO/c10-8-6-7(2-1-5-11)3-4-9(8)12/h3-4,6,12H,1-2,5,11H2. The molecule has 0 heterocycles. The Morgan fingerprint density at radius 3 is 2.75 bits per heavy atom. The fraction of sp³-hybridized carbons (Fsp3) is 0.333. The van der Waals surface area contributed by atoms with Crippen LogP contribution in [0.4, 0.5) is 0 Å². The molecule has 1 aromatic carbocycles. The topological polar surface area (TPSA) is 46.2 Å². The number of hydrogen-bond acceptors (Lipinski definition) is 2. The molecule has 3 N–H and O–H groups in total. The summed E-state index contributed by atoms with van der Waals surface area (Å²) in [6, 6.07) is 5.66. The van der Waals surface area contributed by atoms with E-state index >= 15 is 0 Å². The van der Waals surface area contributed by atoms with Gasteiger partial charge >= 0.3 is 0 Å². The van der Waals surface area contributed by atoms with Crippen LogP contribution in [0.5, 0.6) is 5.75 Å². The van der Waals surface area contributed by atoms with Crippen molar-refractivity contribution in [2.24, 2.45) is 5.73 Å². The van der Waals surface area contributed by atoms with Gasteiger partial charge in [-0.3, -0.25) is 0 Å². The van der Waals surface area contributed by atoms with Crippen LogP contribution in [0.1, 0.15) is 12.0 Å². The van der Waals surface area contributed by atoms with Gasteiger partial charge in [-0.25, -0.2) is 0 Å². The van der Waals surface area contributed by atoms with Crippen LogP contribution in [0.2, 0.25) is 0 Å². The maximum absolute atomic E-state index is 9.24. The molecule has 12 heavy (non-hydrogen) atoms. The fourth-order valence-electron chi connectivity index (χ4n) is 1.01. The van der Waals surface area contributed by atoms with Crippen molar-refractivity contribution in [1.82, 2.24) is 0 Å². The highest BCUT2D eigenvalue weighted by atomic mass is 127. The fourth-order valence-corrected chi connectivity index (χ4v) is 1.59. The van der Waals surface area contributed by atoms with Gasteiger partial charge in [0.1, 0.15) is 5.75 Å². The average Bonchev–Trinajstić information content (AvgIpc) is 2.07. The third-order valence-electron chi connectivity index (χ3n) is 1.68. The molecule has 1 aromatic rings. The second-order valence-corrected chi connectivity index (χ2v) is 3.84. The van der Waals surface area contributed by atoms with E-state index in [-0.39, 0.29) is 0 Å². The van der Waals surface area contributed by atoms with E-state index < -0.39 is 0 Å². The van der Waals surface area contributed by atoms with Crippen molar-refractivity contribution in [2.75, 3.05) is 6.54 Å². The number of phenolic OH excluding ortho intramolecular Hbond substituents is 1. The Labute approximate surface area is 85.9 Å². The van der Waals surface area contributed by atoms with Gasteiger partial charge < -0.3 is 10.8 Å². The first-order valence-corrected chi connectivity index (χ1v) is 4.99. The van der Waals surface area contributed by atoms with E-state index in [0.717, 1.165) is 23.0 Å². The normalized spacial score (nSPS) is 10.2. The predicted molar refractivity (Wildman–Crippen MR) is 58.2 cm³/mol. The van der Waals surface area contributed by atoms with Gasteiger partial charge in [-0.05, 0) is 59.7 Å². The van der Waals surface area contributed by atoms with Crippen LogP contribution in [0.3, 0.4) is 0 Å². The first-order valence-electron chi connectivity index (χ1n) is 3.91. The zero-order chi connectivity index (χ0) is 8.97. The second kappa shape index (κ2) is 4.67. The summed E-state index contributed by atoms with van der Waals surface area (Å²) >= 11 is 2.12. The highest BCUT2D eigenvalue weighted by Gasteiger charge is 1.98. The SMILES string of the molecule is NCCCc1ccc(O)c(I)c1. The monoisotopic (exact) mass is 277 g/mol. The Bertz CT molecular complexity index is 263. The Morgan fingerprint density at radius 2 is 2.17 bits per heavy atom. The first kappa shape index (κ1) is 9.80. The van der Waals surface area contributed by atoms with Crippen LogP contribution in [0.25, 0.3) is 0 Å². The molecular weight excluding hydrogens is 265 g/mol. The molecule has 0 fully saturated rings. The lowest BCUT2D eigenvalue weighted by molar-refractivity contribution is 0.471. The second-order valence-electron chi connectivity index (χ2n) is 2.68. The number of rotatable bonds is 3. The molecule has 0 aliphatic heterocycles. The van der Waals surface area contributed by atoms with E-state index in [9.17, 15) is 5.11 Å². The van der Waals surface area contributed by atoms with Gasteiger partial charge in [-0.15, -0.1) is 0 Å². The van der Waals surface area contributed by atoms with E-state index in [0.29, 0.717) is 5.75 Å². The number of hydrogen-bond donors (Lipinski definition) is 2. The highest BCUT2D eigenvalue weighted by molar-refractivity contribution is 14.1. The maximum Gasteiger partial charge on any atom is 0.128 e. The van der Waals surface area contributed by atoms with Crippen LogP contribution >= 0.6 is 22.6 Å². The summed E-state index contributed by atoms with van der Waals surface area (Å²) < 4.78 is 0.905. The summed E-state index contributed by atoms with van der Waals surface area (Å²) in [4.78, 5) is 0. The molecule has 0 spiro atoms. The number of nitrogens with two attached hydrogens (primary N) is 1. The quantitative estimate of drug-likeness (QED) is 0.829. The van der Waals surface area contributed by atoms with Gasteiger partial charge in [-0.2, -0.15) is 0 Å². The third kappa shape index (κ3) is 2.64. The van der Waals surface area contributed by atoms with Crippen LogP contribution < -0.4 is 5.73 Å². The lowest BCUT2D eigenvalue weighted by Gasteiger charge is -2.01. The minimum absolute atomic E-state index is 0.354. The zero-order valence-electron chi connectivity index (χ0n) is 6.76. The van der Waals surface area contributed by atoms with Crippen LogP contribution in [-0.4, -0.2) is 11.7 Å². The van der Waals surface area contributed by atoms with Gasteiger partial charge in [0.15, 0.2) is 0 Å². The summed E-state index contributed by atoms with van der Waals surface area (Å²) in [7, 11) is 0. The van der Waals surface area contributed by atoms with Gasteiger partial charge in [-0.1, -0.05) is 6.07 Å². The lowest BCUT2D eigenvalue weighted by Crippen LogP contribution is -2.00. The molecule has 0 amide bonds. The van der Waals surface area contributed by atoms with Gasteiger partial charge in [0.2, 0.25) is 0 Å². The molecule has 0 aliphatic carbocycles. The van der Waals surface area contributed by atoms with Crippen molar-refractivity contribution >= 4 is 22.6 Å². The molecule has 0 saturated heterocycles. The molecule has 0 saturated carbocycles. The Kier molecular flexibility index (Phi) is 3.81. The van der Waals surface area contributed by atoms with E-state index in [4.69, 9.17) is 5.73 Å². The Hall–Kier alpha value is -0.290. The van der Waals surface area contributed by atoms with E-state index in [1.54, 1.807) is 6.07 Å². The minimum atomic E-state index is 0.354. The van der Waals surface area contributed by atoms with Crippen molar-refractivity contribution in [3.05, 3.63) is 27.3 Å². The zero-order valence-corrected chi connectivity index (χ0v) is 8.91. The Morgan fingerprint density at radius 1 is 1.42 bits per heavy atom. The van der Waals surface area contributed by atoms with Gasteiger partial charge in [0.05, 0.1) is 3.57 Å². The van der Waals surface area contributed by atoms with Crippen molar-refractivity contribution in [3.63, 3.8) is 0 Å². The van der Waals surface area contributed by atoms with E-state index in [1.165, 1.54) is 5.56 Å². The van der Waals surface area contributed by atoms with Crippen LogP contribution in [-0.2, 0) is 6.42 Å². The van der Waals surface area contributed by atoms with Crippen molar-refractivity contribution in [2.45, 2.75) is 12.8 Å². The number of halogens is 1. The van der Waals surface area contributed by atoms with Crippen LogP contribution in [0, 0.1) is 3.57 Å². The molecule has 0 radical (unpaired) electrons. The first-order chi connectivity index (χ1) is 5.74. The molecule has 0 atom stereocenters. The van der Waals surface area contributed by atoms with Gasteiger partial charge in [0, 0.05) is 0 Å². The molecule has 0 bridgehead atoms. The average molecular weight is 277 g/mol. The summed E-state index contributed by atoms with van der Waals surface area (Å²) in [6.07, 6.45) is 1.99. The number of phenols is 1. The summed E-state index contributed by atoms with van der Waals surface area (Å²) in [5, 5.41) is 9.24. The molecule has 66 valence electrons. The van der Waals surface area contributed by atoms with E-state index in [2.05, 4.69) is 22.6 Å². The predicted octanol–water partition coefficient (Wildman–Crippen LogP) is 1.89. The molecule has 0 unspecified atom stereocenters. The van der Waals surface area contributed by atoms with Gasteiger partial charge in [0.25, 0.3) is 0 Å². The molecular formula is C9H12INO. The third-order valence-corrected chi connectivity index (χ3v) is 2.55. The minimum Gasteiger partial charge on any atom is -0.507 e. The summed E-state index contributed by atoms with van der Waals surface area (Å²) in [5.74, 6) is 0.354. The van der Waals surface area contributed by atoms with Crippen LogP contribution in [0.15, 0.2) is 18.2 Å². The summed E-state index contributed by atoms with van der Waals surface area (Å²) in [6.45, 7) is 0.720. The van der Waals surface area contributed by atoms with Crippen molar-refractivity contribution in [1.29, 1.82) is 0 Å². The number of aryl methyl sites for hydroxylation is 1. The van der Waals surface area contributed by atoms with E-state index in [1.807, 2.05) is 12.1 Å². The molecule has 3 heteroatoms. The molecule has 2 nitrogen and oxygen atoms in total. The molecule has 0 aromatic heterocycles.